The first-order valence-electron chi connectivity index (χ1n) is 6.23. The van der Waals surface area contributed by atoms with Gasteiger partial charge < -0.3 is 4.52 Å². The lowest BCUT2D eigenvalue weighted by Gasteiger charge is -2.01. The van der Waals surface area contributed by atoms with E-state index in [0.717, 1.165) is 11.1 Å². The zero-order chi connectivity index (χ0) is 13.8. The van der Waals surface area contributed by atoms with Crippen LogP contribution in [0.4, 0.5) is 0 Å². The van der Waals surface area contributed by atoms with E-state index in [2.05, 4.69) is 10.1 Å². The molecule has 0 fully saturated rings. The maximum Gasteiger partial charge on any atom is 0.261 e. The molecular weight excluding hydrogens is 240 g/mol. The summed E-state index contributed by atoms with van der Waals surface area (Å²) in [7, 11) is 0. The Morgan fingerprint density at radius 3 is 2.68 bits per heavy atom. The molecule has 4 nitrogen and oxygen atoms in total. The molecule has 0 saturated heterocycles. The number of Topliss-reactive ketones (excluding diaryl/α,β-unsaturated/α-hetero) is 1. The van der Waals surface area contributed by atoms with Crippen LogP contribution in [0.3, 0.4) is 0 Å². The predicted molar refractivity (Wildman–Crippen MR) is 73.4 cm³/mol. The van der Waals surface area contributed by atoms with Crippen molar-refractivity contribution in [1.82, 2.24) is 10.1 Å². The second-order valence-corrected chi connectivity index (χ2v) is 4.34. The Bertz CT molecular complexity index is 627. The van der Waals surface area contributed by atoms with Crippen LogP contribution in [0.1, 0.15) is 36.7 Å². The van der Waals surface area contributed by atoms with Crippen LogP contribution in [0.15, 0.2) is 28.8 Å². The topological polar surface area (TPSA) is 56.0 Å². The summed E-state index contributed by atoms with van der Waals surface area (Å²) in [4.78, 5) is 16.0. The van der Waals surface area contributed by atoms with Gasteiger partial charge in [0.2, 0.25) is 0 Å². The molecule has 0 bridgehead atoms. The number of rotatable bonds is 4. The number of ketones is 1. The van der Waals surface area contributed by atoms with Crippen molar-refractivity contribution in [3.63, 3.8) is 0 Å². The van der Waals surface area contributed by atoms with Gasteiger partial charge >= 0.3 is 0 Å². The number of hydrogen-bond acceptors (Lipinski definition) is 4. The summed E-state index contributed by atoms with van der Waals surface area (Å²) in [6.07, 6.45) is 2.48. The molecule has 0 aliphatic rings. The van der Waals surface area contributed by atoms with Gasteiger partial charge in [-0.25, -0.2) is 0 Å². The van der Waals surface area contributed by atoms with Crippen molar-refractivity contribution in [2.45, 2.75) is 27.2 Å². The molecule has 0 radical (unpaired) electrons. The van der Waals surface area contributed by atoms with Crippen molar-refractivity contribution in [1.29, 1.82) is 0 Å². The van der Waals surface area contributed by atoms with Crippen LogP contribution in [0, 0.1) is 6.92 Å². The summed E-state index contributed by atoms with van der Waals surface area (Å²) in [5.41, 5.74) is 2.52. The van der Waals surface area contributed by atoms with E-state index in [1.54, 1.807) is 6.08 Å². The highest BCUT2D eigenvalue weighted by Gasteiger charge is 2.15. The number of carbonyl (C=O) groups is 1. The van der Waals surface area contributed by atoms with E-state index in [9.17, 15) is 4.79 Å². The lowest BCUT2D eigenvalue weighted by Crippen LogP contribution is -1.97. The van der Waals surface area contributed by atoms with Crippen molar-refractivity contribution in [2.24, 2.45) is 0 Å². The molecule has 2 aromatic rings. The normalized spacial score (nSPS) is 11.6. The predicted octanol–water partition coefficient (Wildman–Crippen LogP) is 3.07. The minimum Gasteiger partial charge on any atom is -0.334 e. The molecular formula is C15H16N2O2. The number of hydrogen-bond donors (Lipinski definition) is 0. The molecule has 0 N–H and O–H groups in total. The molecule has 0 saturated carbocycles. The van der Waals surface area contributed by atoms with Crippen LogP contribution in [-0.2, 0) is 11.2 Å². The van der Waals surface area contributed by atoms with E-state index >= 15 is 0 Å². The number of aromatic nitrogens is 2. The molecule has 19 heavy (non-hydrogen) atoms. The highest BCUT2D eigenvalue weighted by molar-refractivity contribution is 6.23. The fourth-order valence-electron chi connectivity index (χ4n) is 1.73. The first-order valence-corrected chi connectivity index (χ1v) is 6.23. The summed E-state index contributed by atoms with van der Waals surface area (Å²) < 4.78 is 5.14. The summed E-state index contributed by atoms with van der Waals surface area (Å²) >= 11 is 0. The number of allylic oxidation sites excluding steroid dienone is 1. The molecule has 0 atom stereocenters. The van der Waals surface area contributed by atoms with Gasteiger partial charge in [-0.15, -0.1) is 0 Å². The number of benzene rings is 1. The van der Waals surface area contributed by atoms with Gasteiger partial charge in [0, 0.05) is 6.42 Å². The van der Waals surface area contributed by atoms with Crippen LogP contribution in [0.25, 0.3) is 11.6 Å². The summed E-state index contributed by atoms with van der Waals surface area (Å²) in [5, 5.41) is 3.82. The quantitative estimate of drug-likeness (QED) is 0.789. The number of carbonyl (C=O) groups excluding carboxylic acids is 1. The second kappa shape index (κ2) is 5.61. The first-order chi connectivity index (χ1) is 9.11. The zero-order valence-electron chi connectivity index (χ0n) is 11.3. The largest absolute Gasteiger partial charge is 0.334 e. The average molecular weight is 256 g/mol. The third-order valence-corrected chi connectivity index (χ3v) is 2.88. The van der Waals surface area contributed by atoms with Gasteiger partial charge in [0.25, 0.3) is 5.89 Å². The molecule has 1 aromatic heterocycles. The molecule has 2 rings (SSSR count). The summed E-state index contributed by atoms with van der Waals surface area (Å²) in [6, 6.07) is 7.84. The van der Waals surface area contributed by atoms with Crippen molar-refractivity contribution in [2.75, 3.05) is 0 Å². The van der Waals surface area contributed by atoms with Crippen LogP contribution in [-0.4, -0.2) is 15.9 Å². The second-order valence-electron chi connectivity index (χ2n) is 4.34. The maximum atomic E-state index is 11.8. The van der Waals surface area contributed by atoms with Crippen LogP contribution >= 0.6 is 0 Å². The third kappa shape index (κ3) is 2.96. The Labute approximate surface area is 112 Å². The minimum atomic E-state index is -0.0884. The van der Waals surface area contributed by atoms with Crippen molar-refractivity contribution < 1.29 is 9.32 Å². The Hall–Kier alpha value is -2.23. The molecule has 98 valence electrons. The molecule has 1 aromatic carbocycles. The summed E-state index contributed by atoms with van der Waals surface area (Å²) in [5.74, 6) is 0.800. The van der Waals surface area contributed by atoms with Gasteiger partial charge in [0.15, 0.2) is 11.6 Å². The Morgan fingerprint density at radius 2 is 2.11 bits per heavy atom. The molecule has 1 heterocycles. The van der Waals surface area contributed by atoms with Crippen molar-refractivity contribution >= 4 is 17.4 Å². The lowest BCUT2D eigenvalue weighted by atomic mass is 10.0. The highest BCUT2D eigenvalue weighted by atomic mass is 16.5. The monoisotopic (exact) mass is 256 g/mol. The van der Waals surface area contributed by atoms with Gasteiger partial charge in [-0.05, 0) is 31.1 Å². The third-order valence-electron chi connectivity index (χ3n) is 2.88. The zero-order valence-corrected chi connectivity index (χ0v) is 11.3. The van der Waals surface area contributed by atoms with E-state index in [1.165, 1.54) is 6.92 Å². The smallest absolute Gasteiger partial charge is 0.261 e. The van der Waals surface area contributed by atoms with Crippen molar-refractivity contribution in [3.8, 4) is 0 Å². The van der Waals surface area contributed by atoms with E-state index in [-0.39, 0.29) is 11.7 Å². The van der Waals surface area contributed by atoms with Gasteiger partial charge in [0.05, 0.1) is 5.57 Å². The fourth-order valence-corrected chi connectivity index (χ4v) is 1.73. The molecule has 0 unspecified atom stereocenters. The van der Waals surface area contributed by atoms with Crippen LogP contribution < -0.4 is 0 Å². The first kappa shape index (κ1) is 13.2. The molecule has 0 aliphatic carbocycles. The van der Waals surface area contributed by atoms with E-state index in [1.807, 2.05) is 38.1 Å². The average Bonchev–Trinajstić information content (AvgIpc) is 2.86. The highest BCUT2D eigenvalue weighted by Crippen LogP contribution is 2.19. The molecule has 0 spiro atoms. The Balaban J connectivity index is 2.46. The standard InChI is InChI=1S/C15H16N2O2/c1-4-14-16-15(19-17-14)13(11(3)18)9-12-8-6-5-7-10(12)2/h5-9H,4H2,1-3H3. The minimum absolute atomic E-state index is 0.0884. The van der Waals surface area contributed by atoms with Gasteiger partial charge in [-0.2, -0.15) is 4.98 Å². The summed E-state index contributed by atoms with van der Waals surface area (Å²) in [6.45, 7) is 5.43. The Morgan fingerprint density at radius 1 is 1.37 bits per heavy atom. The van der Waals surface area contributed by atoms with Crippen molar-refractivity contribution in [3.05, 3.63) is 47.1 Å². The van der Waals surface area contributed by atoms with Gasteiger partial charge in [-0.1, -0.05) is 36.3 Å². The molecule has 4 heteroatoms. The van der Waals surface area contributed by atoms with Gasteiger partial charge in [-0.3, -0.25) is 4.79 Å². The van der Waals surface area contributed by atoms with E-state index in [0.29, 0.717) is 17.8 Å². The van der Waals surface area contributed by atoms with E-state index in [4.69, 9.17) is 4.52 Å². The lowest BCUT2D eigenvalue weighted by molar-refractivity contribution is -0.111. The van der Waals surface area contributed by atoms with Crippen LogP contribution in [0.5, 0.6) is 0 Å². The molecule has 0 aliphatic heterocycles. The van der Waals surface area contributed by atoms with Gasteiger partial charge in [0.1, 0.15) is 0 Å². The SMILES string of the molecule is CCc1noc(C(=Cc2ccccc2C)C(C)=O)n1. The Kier molecular flexibility index (Phi) is 3.90. The van der Waals surface area contributed by atoms with Crippen LogP contribution in [0.2, 0.25) is 0 Å². The number of nitrogens with zero attached hydrogens (tertiary/aromatic N) is 2. The van der Waals surface area contributed by atoms with E-state index < -0.39 is 0 Å². The maximum absolute atomic E-state index is 11.8. The number of aryl methyl sites for hydroxylation is 2. The fraction of sp³-hybridized carbons (Fsp3) is 0.267. The molecule has 0 amide bonds.